The molecule has 10 aliphatic rings. The van der Waals surface area contributed by atoms with Crippen LogP contribution in [0, 0.1) is 116 Å². The van der Waals surface area contributed by atoms with Gasteiger partial charge in [0.05, 0.1) is 0 Å². The van der Waals surface area contributed by atoms with Crippen LogP contribution in [0.1, 0.15) is 278 Å². The van der Waals surface area contributed by atoms with Crippen molar-refractivity contribution < 1.29 is 62.5 Å². The summed E-state index contributed by atoms with van der Waals surface area (Å²) in [5.41, 5.74) is 22.0. The first kappa shape index (κ1) is 98.2. The van der Waals surface area contributed by atoms with Crippen molar-refractivity contribution >= 4 is 51.1 Å². The second kappa shape index (κ2) is 46.7. The summed E-state index contributed by atoms with van der Waals surface area (Å²) in [7, 11) is 29.6. The van der Waals surface area contributed by atoms with E-state index in [1.165, 1.54) is 162 Å². The summed E-state index contributed by atoms with van der Waals surface area (Å²) >= 11 is -2.48. The van der Waals surface area contributed by atoms with Gasteiger partial charge in [-0.15, -0.1) is 0 Å². The van der Waals surface area contributed by atoms with Crippen LogP contribution in [0.5, 0.6) is 0 Å². The fourth-order valence-electron chi connectivity index (χ4n) is 21.4. The van der Waals surface area contributed by atoms with E-state index in [4.69, 9.17) is 51.1 Å². The molecule has 6 aromatic carbocycles. The van der Waals surface area contributed by atoms with Gasteiger partial charge in [0, 0.05) is 0 Å². The summed E-state index contributed by atoms with van der Waals surface area (Å²) in [5.74, 6) is 14.4. The van der Waals surface area contributed by atoms with Gasteiger partial charge in [0.25, 0.3) is 0 Å². The van der Waals surface area contributed by atoms with Crippen molar-refractivity contribution in [2.24, 2.45) is 71.0 Å². The first-order valence-electron chi connectivity index (χ1n) is 40.0. The van der Waals surface area contributed by atoms with Crippen LogP contribution < -0.4 is 0 Å². The smallest absolute Gasteiger partial charge is 0.0146 e. The van der Waals surface area contributed by atoms with Crippen molar-refractivity contribution in [1.29, 1.82) is 0 Å². The third kappa shape index (κ3) is 24.9. The third-order valence-corrected chi connectivity index (χ3v) is 27.2. The fraction of sp³-hybridized carbons (Fsp3) is 0.500. The molecule has 12 unspecified atom stereocenters. The van der Waals surface area contributed by atoms with Crippen molar-refractivity contribution in [3.05, 3.63) is 271 Å². The second-order valence-electron chi connectivity index (χ2n) is 35.4. The van der Waals surface area contributed by atoms with Gasteiger partial charge in [0.15, 0.2) is 0 Å². The molecule has 590 valence electrons. The zero-order valence-electron chi connectivity index (χ0n) is 69.6. The van der Waals surface area contributed by atoms with Gasteiger partial charge < -0.3 is 44.6 Å². The van der Waals surface area contributed by atoms with E-state index in [1.54, 1.807) is 44.5 Å². The van der Waals surface area contributed by atoms with Gasteiger partial charge in [-0.3, -0.25) is 0 Å². The third-order valence-electron chi connectivity index (χ3n) is 27.2. The van der Waals surface area contributed by atoms with Gasteiger partial charge in [0.2, 0.25) is 0 Å². The predicted molar refractivity (Wildman–Crippen MR) is 477 cm³/mol. The van der Waals surface area contributed by atoms with Crippen molar-refractivity contribution in [1.82, 2.24) is 0 Å². The molecular weight excluding hydrogens is 1690 g/mol. The van der Waals surface area contributed by atoms with Crippen molar-refractivity contribution in [2.45, 2.75) is 244 Å². The van der Waals surface area contributed by atoms with Crippen LogP contribution in [-0.2, 0) is 73.4 Å². The number of halogens is 6. The van der Waals surface area contributed by atoms with Crippen LogP contribution in [0.25, 0.3) is 33.4 Å². The van der Waals surface area contributed by atoms with Crippen LogP contribution in [0.3, 0.4) is 0 Å². The number of benzene rings is 6. The quantitative estimate of drug-likeness (QED) is 0.127. The Morgan fingerprint density at radius 3 is 0.697 bits per heavy atom. The Bertz CT molecular complexity index is 3480. The minimum absolute atomic E-state index is 0. The van der Waals surface area contributed by atoms with Crippen LogP contribution in [-0.4, -0.2) is 0 Å². The molecule has 6 aromatic rings. The fourth-order valence-corrected chi connectivity index (χ4v) is 21.4. The zero-order chi connectivity index (χ0) is 73.0. The minimum atomic E-state index is -0.826. The maximum Gasteiger partial charge on any atom is -0.0146 e. The average molecular weight is 1820 g/mol. The molecule has 0 radical (unpaired) electrons. The molecule has 0 bridgehead atoms. The molecule has 0 heterocycles. The maximum absolute atomic E-state index is 4.93. The molecule has 9 heteroatoms. The van der Waals surface area contributed by atoms with Gasteiger partial charge in [-0.05, 0) is 272 Å². The van der Waals surface area contributed by atoms with E-state index in [0.717, 1.165) is 71.0 Å². The summed E-state index contributed by atoms with van der Waals surface area (Å²) in [4.78, 5) is 0. The minimum Gasteiger partial charge on any atom is -0.0619 e. The van der Waals surface area contributed by atoms with Gasteiger partial charge in [-0.1, -0.05) is 303 Å². The van der Waals surface area contributed by atoms with E-state index in [0.29, 0.717) is 35.5 Å². The summed E-state index contributed by atoms with van der Waals surface area (Å²) in [6.07, 6.45) is 47.0. The Hall–Kier alpha value is -1.33. The number of allylic oxidation sites excluding steroid dienone is 8. The molecule has 8 saturated carbocycles. The molecule has 8 fully saturated rings. The largest absolute Gasteiger partial charge is 0.0619 e. The molecule has 0 saturated heterocycles. The van der Waals surface area contributed by atoms with Gasteiger partial charge in [-0.2, -0.15) is 0 Å². The molecule has 10 aliphatic carbocycles. The normalized spacial score (nSPS) is 28.8. The molecule has 0 amide bonds. The Kier molecular flexibility index (Phi) is 42.1. The molecule has 0 N–H and O–H groups in total. The van der Waals surface area contributed by atoms with Crippen LogP contribution in [0.4, 0.5) is 0 Å². The molecule has 109 heavy (non-hydrogen) atoms. The molecule has 12 atom stereocenters. The Balaban J connectivity index is 0.000000274. The summed E-state index contributed by atoms with van der Waals surface area (Å²) < 4.78 is 0. The van der Waals surface area contributed by atoms with E-state index in [-0.39, 0.29) is 55.4 Å². The predicted octanol–water partition coefficient (Wildman–Crippen LogP) is 33.6. The molecular formula is C100H136Cl6Zr3. The summed E-state index contributed by atoms with van der Waals surface area (Å²) in [6.45, 7) is 23.9. The average Bonchev–Trinajstić information content (AvgIpc) is 1.61. The Morgan fingerprint density at radius 1 is 0.266 bits per heavy atom. The van der Waals surface area contributed by atoms with Gasteiger partial charge in [0.1, 0.15) is 0 Å². The van der Waals surface area contributed by atoms with E-state index < -0.39 is 62.5 Å². The molecule has 0 aliphatic heterocycles. The number of hydrogen-bond donors (Lipinski definition) is 0. The monoisotopic (exact) mass is 1820 g/mol. The maximum atomic E-state index is 4.93. The molecule has 16 rings (SSSR count). The summed E-state index contributed by atoms with van der Waals surface area (Å²) in [5, 5.41) is 0. The van der Waals surface area contributed by atoms with E-state index in [9.17, 15) is 0 Å². The van der Waals surface area contributed by atoms with E-state index in [2.05, 4.69) is 251 Å². The van der Waals surface area contributed by atoms with E-state index in [1.807, 2.05) is 0 Å². The Labute approximate surface area is 725 Å². The van der Waals surface area contributed by atoms with Crippen molar-refractivity contribution in [3.8, 4) is 33.4 Å². The first-order chi connectivity index (χ1) is 49.7. The van der Waals surface area contributed by atoms with Crippen LogP contribution in [0.2, 0.25) is 0 Å². The number of rotatable bonds is 9. The van der Waals surface area contributed by atoms with E-state index >= 15 is 0 Å². The van der Waals surface area contributed by atoms with Crippen LogP contribution >= 0.6 is 51.1 Å². The van der Waals surface area contributed by atoms with Gasteiger partial charge in [-0.25, -0.2) is 0 Å². The standard InChI is InChI=1S/C38H46.C30H38.C26H34.6CH3.6ClH.3Zr/c1-37(2,3)31-15-17-33(35(23-31)29-19-25-11-7-8-12-26(25)20-29)34-18-16-32(38(4,5)6)24-36(34)30-21-27-13-9-10-14-28(27)22-30;1-2-10-22-18-25(17-21(22)9-1)27-13-5-7-15-29(27)30-16-8-6-14-28(30)26-19-23-11-3-4-12-24(23)20-26;1-17-13-21(14-18(17)2)23-9-5-7-11-25(23)26-12-8-6-10-24(26)22-15-19(3)20(4)16-22;;;;;;;;;;;;;;;/h7-18,23-30H,19-22H2,1-6H3;5-8,13-16,21-26H,1-4,9-12,17-20H2;5-12,17-22H,13-16H2,1-4H3;6*1H3;6*1H;;;/q;;;6*-1;;;;;;;3*+4/p-6. The molecule has 0 spiro atoms. The molecule has 0 nitrogen and oxygen atoms in total. The Morgan fingerprint density at radius 2 is 0.468 bits per heavy atom. The number of fused-ring (bicyclic) bond motifs is 4. The number of hydrogen-bond acceptors (Lipinski definition) is 0. The van der Waals surface area contributed by atoms with Crippen molar-refractivity contribution in [3.63, 3.8) is 0 Å². The van der Waals surface area contributed by atoms with Gasteiger partial charge >= 0.3 is 114 Å². The molecule has 0 aromatic heterocycles. The summed E-state index contributed by atoms with van der Waals surface area (Å²) in [6, 6.07) is 52.5. The topological polar surface area (TPSA) is 0 Å². The van der Waals surface area contributed by atoms with Crippen molar-refractivity contribution in [2.75, 3.05) is 0 Å². The first-order valence-corrected chi connectivity index (χ1v) is 59.0. The zero-order valence-corrected chi connectivity index (χ0v) is 81.5. The second-order valence-corrected chi connectivity index (χ2v) is 46.6. The van der Waals surface area contributed by atoms with Crippen LogP contribution in [0.15, 0.2) is 182 Å². The SMILES string of the molecule is CC(C)(C)c1ccc(-c2ccc(C(C)(C)C)cc2C2CC3C=CC=CC3C2)c(C2CC3C=CC=CC3C2)c1.CC1CC(c2ccccc2-c2ccccc2C2CC(C)C(C)C2)CC1C.[CH3-].[CH3-].[CH3-].[CH3-].[CH3-].[CH3-].[Cl][Zr+2][Cl].[Cl][Zr+2][Cl].[Cl][Zr+2][Cl].c1ccc(C2CC3CCCCC3C2)c(-c2ccccc2C2CC3CCCCC3C2)c1.